The fourth-order valence-electron chi connectivity index (χ4n) is 0.906. The van der Waals surface area contributed by atoms with Crippen LogP contribution in [0.2, 0.25) is 0 Å². The van der Waals surface area contributed by atoms with Crippen molar-refractivity contribution in [3.8, 4) is 0 Å². The standard InChI is InChI=1S/C8H18Cl2N2O2/c9-1-3-11-5-7(13)8(14)6-12-4-2-10/h7-8,11-14H,1-6H2/t7-,8-/m1/s1. The summed E-state index contributed by atoms with van der Waals surface area (Å²) in [7, 11) is 0. The number of aliphatic hydroxyl groups excluding tert-OH is 2. The van der Waals surface area contributed by atoms with Crippen molar-refractivity contribution >= 4 is 23.2 Å². The predicted octanol–water partition coefficient (Wildman–Crippen LogP) is -0.635. The summed E-state index contributed by atoms with van der Waals surface area (Å²) in [5.74, 6) is 0.987. The van der Waals surface area contributed by atoms with Crippen molar-refractivity contribution in [3.63, 3.8) is 0 Å². The summed E-state index contributed by atoms with van der Waals surface area (Å²) >= 11 is 10.9. The molecule has 2 atom stereocenters. The fourth-order valence-corrected chi connectivity index (χ4v) is 1.17. The number of alkyl halides is 2. The molecule has 0 spiro atoms. The quantitative estimate of drug-likeness (QED) is 0.322. The van der Waals surface area contributed by atoms with Crippen molar-refractivity contribution in [3.05, 3.63) is 0 Å². The van der Waals surface area contributed by atoms with E-state index in [1.807, 2.05) is 0 Å². The van der Waals surface area contributed by atoms with Crippen LogP contribution in [0.15, 0.2) is 0 Å². The highest BCUT2D eigenvalue weighted by Crippen LogP contribution is 1.90. The van der Waals surface area contributed by atoms with Gasteiger partial charge in [-0.15, -0.1) is 23.2 Å². The normalized spacial score (nSPS) is 15.4. The third-order valence-corrected chi connectivity index (χ3v) is 2.07. The van der Waals surface area contributed by atoms with Crippen LogP contribution >= 0.6 is 23.2 Å². The zero-order valence-electron chi connectivity index (χ0n) is 8.05. The van der Waals surface area contributed by atoms with E-state index < -0.39 is 12.2 Å². The fraction of sp³-hybridized carbons (Fsp3) is 1.00. The van der Waals surface area contributed by atoms with Crippen LogP contribution in [0.4, 0.5) is 0 Å². The molecule has 4 nitrogen and oxygen atoms in total. The van der Waals surface area contributed by atoms with Crippen molar-refractivity contribution in [2.75, 3.05) is 37.9 Å². The minimum atomic E-state index is -0.777. The Bertz CT molecular complexity index is 116. The minimum Gasteiger partial charge on any atom is -0.389 e. The Labute approximate surface area is 94.6 Å². The smallest absolute Gasteiger partial charge is 0.0935 e. The topological polar surface area (TPSA) is 64.5 Å². The Kier molecular flexibility index (Phi) is 10.3. The van der Waals surface area contributed by atoms with Crippen LogP contribution in [0, 0.1) is 0 Å². The molecular formula is C8H18Cl2N2O2. The van der Waals surface area contributed by atoms with Crippen LogP contribution in [0.1, 0.15) is 0 Å². The SMILES string of the molecule is O[C@H](CNCCCl)[C@H](O)CNCCCl. The number of halogens is 2. The number of aliphatic hydroxyl groups is 2. The Morgan fingerprint density at radius 1 is 0.857 bits per heavy atom. The van der Waals surface area contributed by atoms with Crippen LogP contribution in [-0.2, 0) is 0 Å². The van der Waals surface area contributed by atoms with E-state index in [4.69, 9.17) is 23.2 Å². The lowest BCUT2D eigenvalue weighted by Gasteiger charge is -2.18. The Balaban J connectivity index is 3.39. The molecule has 0 saturated carbocycles. The van der Waals surface area contributed by atoms with Gasteiger partial charge in [0.25, 0.3) is 0 Å². The summed E-state index contributed by atoms with van der Waals surface area (Å²) in [6.07, 6.45) is -1.55. The summed E-state index contributed by atoms with van der Waals surface area (Å²) in [5, 5.41) is 24.7. The molecule has 0 unspecified atom stereocenters. The molecule has 0 aliphatic rings. The van der Waals surface area contributed by atoms with Crippen LogP contribution in [0.3, 0.4) is 0 Å². The van der Waals surface area contributed by atoms with Crippen molar-refractivity contribution in [2.45, 2.75) is 12.2 Å². The van der Waals surface area contributed by atoms with E-state index in [0.717, 1.165) is 0 Å². The van der Waals surface area contributed by atoms with Gasteiger partial charge in [0.15, 0.2) is 0 Å². The maximum absolute atomic E-state index is 9.42. The van der Waals surface area contributed by atoms with Gasteiger partial charge in [-0.25, -0.2) is 0 Å². The van der Waals surface area contributed by atoms with E-state index in [1.54, 1.807) is 0 Å². The lowest BCUT2D eigenvalue weighted by Crippen LogP contribution is -2.42. The van der Waals surface area contributed by atoms with Gasteiger partial charge >= 0.3 is 0 Å². The first kappa shape index (κ1) is 14.4. The van der Waals surface area contributed by atoms with E-state index >= 15 is 0 Å². The van der Waals surface area contributed by atoms with Crippen molar-refractivity contribution in [1.29, 1.82) is 0 Å². The largest absolute Gasteiger partial charge is 0.389 e. The Morgan fingerprint density at radius 2 is 1.21 bits per heavy atom. The van der Waals surface area contributed by atoms with Crippen LogP contribution in [0.5, 0.6) is 0 Å². The summed E-state index contributed by atoms with van der Waals surface area (Å²) < 4.78 is 0. The maximum Gasteiger partial charge on any atom is 0.0935 e. The lowest BCUT2D eigenvalue weighted by molar-refractivity contribution is 0.0216. The van der Waals surface area contributed by atoms with Gasteiger partial charge in [-0.3, -0.25) is 0 Å². The molecule has 0 rings (SSSR count). The molecule has 86 valence electrons. The highest BCUT2D eigenvalue weighted by molar-refractivity contribution is 6.18. The molecule has 6 heteroatoms. The zero-order chi connectivity index (χ0) is 10.8. The summed E-state index contributed by atoms with van der Waals surface area (Å²) in [6, 6.07) is 0. The predicted molar refractivity (Wildman–Crippen MR) is 59.2 cm³/mol. The number of nitrogens with one attached hydrogen (secondary N) is 2. The molecule has 0 aromatic rings. The highest BCUT2D eigenvalue weighted by atomic mass is 35.5. The van der Waals surface area contributed by atoms with Crippen molar-refractivity contribution in [2.24, 2.45) is 0 Å². The number of hydrogen-bond donors (Lipinski definition) is 4. The summed E-state index contributed by atoms with van der Waals surface area (Å²) in [4.78, 5) is 0. The molecule has 0 aromatic carbocycles. The summed E-state index contributed by atoms with van der Waals surface area (Å²) in [5.41, 5.74) is 0. The molecule has 0 aliphatic heterocycles. The van der Waals surface area contributed by atoms with Gasteiger partial charge in [-0.05, 0) is 0 Å². The van der Waals surface area contributed by atoms with E-state index in [0.29, 0.717) is 37.9 Å². The summed E-state index contributed by atoms with van der Waals surface area (Å²) in [6.45, 7) is 1.94. The van der Waals surface area contributed by atoms with Gasteiger partial charge in [0.1, 0.15) is 0 Å². The first-order valence-corrected chi connectivity index (χ1v) is 5.68. The minimum absolute atomic E-state index is 0.344. The molecule has 0 radical (unpaired) electrons. The second-order valence-electron chi connectivity index (χ2n) is 2.92. The molecule has 0 aromatic heterocycles. The van der Waals surface area contributed by atoms with Gasteiger partial charge in [0.05, 0.1) is 12.2 Å². The van der Waals surface area contributed by atoms with E-state index in [9.17, 15) is 10.2 Å². The van der Waals surface area contributed by atoms with Gasteiger partial charge in [0, 0.05) is 37.9 Å². The lowest BCUT2D eigenvalue weighted by atomic mass is 10.2. The highest BCUT2D eigenvalue weighted by Gasteiger charge is 2.14. The number of rotatable bonds is 9. The average Bonchev–Trinajstić information content (AvgIpc) is 2.18. The first-order chi connectivity index (χ1) is 6.72. The molecule has 14 heavy (non-hydrogen) atoms. The molecular weight excluding hydrogens is 227 g/mol. The zero-order valence-corrected chi connectivity index (χ0v) is 9.56. The third kappa shape index (κ3) is 7.79. The van der Waals surface area contributed by atoms with E-state index in [1.165, 1.54) is 0 Å². The van der Waals surface area contributed by atoms with Crippen LogP contribution in [-0.4, -0.2) is 60.4 Å². The van der Waals surface area contributed by atoms with Gasteiger partial charge in [-0.2, -0.15) is 0 Å². The second-order valence-corrected chi connectivity index (χ2v) is 3.68. The molecule has 0 heterocycles. The van der Waals surface area contributed by atoms with Crippen LogP contribution < -0.4 is 10.6 Å². The Hall–Kier alpha value is 0.420. The van der Waals surface area contributed by atoms with Crippen LogP contribution in [0.25, 0.3) is 0 Å². The molecule has 0 fully saturated rings. The molecule has 0 aliphatic carbocycles. The van der Waals surface area contributed by atoms with E-state index in [2.05, 4.69) is 10.6 Å². The molecule has 0 bridgehead atoms. The Morgan fingerprint density at radius 3 is 1.50 bits per heavy atom. The van der Waals surface area contributed by atoms with Crippen molar-refractivity contribution < 1.29 is 10.2 Å². The first-order valence-electron chi connectivity index (χ1n) is 4.61. The molecule has 0 saturated heterocycles. The molecule has 4 N–H and O–H groups in total. The number of hydrogen-bond acceptors (Lipinski definition) is 4. The van der Waals surface area contributed by atoms with Gasteiger partial charge in [-0.1, -0.05) is 0 Å². The van der Waals surface area contributed by atoms with Gasteiger partial charge in [0.2, 0.25) is 0 Å². The van der Waals surface area contributed by atoms with E-state index in [-0.39, 0.29) is 0 Å². The average molecular weight is 245 g/mol. The van der Waals surface area contributed by atoms with Crippen molar-refractivity contribution in [1.82, 2.24) is 10.6 Å². The second kappa shape index (κ2) is 9.96. The molecule has 0 amide bonds. The monoisotopic (exact) mass is 244 g/mol. The van der Waals surface area contributed by atoms with Gasteiger partial charge < -0.3 is 20.8 Å². The maximum atomic E-state index is 9.42. The third-order valence-electron chi connectivity index (χ3n) is 1.69.